The van der Waals surface area contributed by atoms with Gasteiger partial charge in [0.2, 0.25) is 0 Å². The third-order valence-corrected chi connectivity index (χ3v) is 3.37. The van der Waals surface area contributed by atoms with Crippen LogP contribution < -0.4 is 5.73 Å². The van der Waals surface area contributed by atoms with Crippen LogP contribution in [-0.2, 0) is 13.0 Å². The van der Waals surface area contributed by atoms with Crippen LogP contribution in [-0.4, -0.2) is 14.5 Å². The molecule has 4 nitrogen and oxygen atoms in total. The Balaban J connectivity index is 2.15. The van der Waals surface area contributed by atoms with Crippen LogP contribution >= 0.6 is 0 Å². The van der Waals surface area contributed by atoms with E-state index in [4.69, 9.17) is 10.7 Å². The fourth-order valence-corrected chi connectivity index (χ4v) is 2.40. The van der Waals surface area contributed by atoms with Gasteiger partial charge in [-0.15, -0.1) is 0 Å². The lowest BCUT2D eigenvalue weighted by Crippen LogP contribution is -2.04. The molecule has 0 radical (unpaired) electrons. The van der Waals surface area contributed by atoms with Gasteiger partial charge in [-0.05, 0) is 36.2 Å². The molecule has 3 aromatic rings. The Bertz CT molecular complexity index is 730. The van der Waals surface area contributed by atoms with E-state index in [1.54, 1.807) is 0 Å². The van der Waals surface area contributed by atoms with E-state index in [1.165, 1.54) is 0 Å². The highest BCUT2D eigenvalue weighted by Crippen LogP contribution is 2.18. The lowest BCUT2D eigenvalue weighted by molar-refractivity contribution is 0.857. The smallest absolute Gasteiger partial charge is 0.138 e. The summed E-state index contributed by atoms with van der Waals surface area (Å²) in [7, 11) is 0. The van der Waals surface area contributed by atoms with Gasteiger partial charge < -0.3 is 5.73 Å². The first-order valence-corrected chi connectivity index (χ1v) is 6.94. The van der Waals surface area contributed by atoms with Crippen LogP contribution in [0.4, 0.5) is 0 Å². The number of nitrogens with two attached hydrogens (primary N) is 1. The van der Waals surface area contributed by atoms with Crippen molar-refractivity contribution >= 4 is 11.0 Å². The predicted octanol–water partition coefficient (Wildman–Crippen LogP) is 2.83. The quantitative estimate of drug-likeness (QED) is 0.790. The van der Waals surface area contributed by atoms with Crippen molar-refractivity contribution in [2.75, 3.05) is 0 Å². The van der Waals surface area contributed by atoms with E-state index in [9.17, 15) is 0 Å². The number of imidazole rings is 1. The monoisotopic (exact) mass is 266 g/mol. The normalized spacial score (nSPS) is 11.1. The molecule has 2 N–H and O–H groups in total. The van der Waals surface area contributed by atoms with E-state index < -0.39 is 0 Å². The van der Waals surface area contributed by atoms with Gasteiger partial charge in [-0.25, -0.2) is 9.97 Å². The zero-order valence-electron chi connectivity index (χ0n) is 11.6. The summed E-state index contributed by atoms with van der Waals surface area (Å²) in [6.45, 7) is 2.68. The Morgan fingerprint density at radius 3 is 2.85 bits per heavy atom. The Morgan fingerprint density at radius 2 is 2.05 bits per heavy atom. The van der Waals surface area contributed by atoms with E-state index in [-0.39, 0.29) is 0 Å². The summed E-state index contributed by atoms with van der Waals surface area (Å²) in [6, 6.07) is 12.2. The first kappa shape index (κ1) is 12.8. The third-order valence-electron chi connectivity index (χ3n) is 3.37. The summed E-state index contributed by atoms with van der Waals surface area (Å²) in [5.74, 6) is 0.894. The highest BCUT2D eigenvalue weighted by Gasteiger charge is 2.07. The minimum Gasteiger partial charge on any atom is -0.326 e. The topological polar surface area (TPSA) is 56.7 Å². The molecular weight excluding hydrogens is 248 g/mol. The lowest BCUT2D eigenvalue weighted by Gasteiger charge is -2.09. The number of pyridine rings is 1. The van der Waals surface area contributed by atoms with E-state index in [1.807, 2.05) is 35.2 Å². The predicted molar refractivity (Wildman–Crippen MR) is 80.8 cm³/mol. The van der Waals surface area contributed by atoms with E-state index >= 15 is 0 Å². The SMILES string of the molecule is CCCc1cc(CN)cc(-n2cnc3ccccc32)n1. The average Bonchev–Trinajstić information content (AvgIpc) is 2.91. The van der Waals surface area contributed by atoms with Crippen molar-refractivity contribution in [2.45, 2.75) is 26.3 Å². The molecule has 0 bridgehead atoms. The molecule has 2 heterocycles. The number of fused-ring (bicyclic) bond motifs is 1. The molecule has 4 heteroatoms. The van der Waals surface area contributed by atoms with Crippen LogP contribution in [0.15, 0.2) is 42.7 Å². The maximum Gasteiger partial charge on any atom is 0.138 e. The number of aryl methyl sites for hydroxylation is 1. The highest BCUT2D eigenvalue weighted by atomic mass is 15.1. The molecule has 0 saturated heterocycles. The number of hydrogen-bond acceptors (Lipinski definition) is 3. The fraction of sp³-hybridized carbons (Fsp3) is 0.250. The van der Waals surface area contributed by atoms with E-state index in [0.29, 0.717) is 6.54 Å². The minimum atomic E-state index is 0.527. The molecule has 0 atom stereocenters. The number of hydrogen-bond donors (Lipinski definition) is 1. The highest BCUT2D eigenvalue weighted by molar-refractivity contribution is 5.76. The van der Waals surface area contributed by atoms with Crippen molar-refractivity contribution in [2.24, 2.45) is 5.73 Å². The molecule has 0 amide bonds. The molecule has 0 aliphatic heterocycles. The van der Waals surface area contributed by atoms with Crippen LogP contribution in [0, 0.1) is 0 Å². The fourth-order valence-electron chi connectivity index (χ4n) is 2.40. The van der Waals surface area contributed by atoms with Crippen molar-refractivity contribution in [3.05, 3.63) is 54.0 Å². The first-order valence-electron chi connectivity index (χ1n) is 6.94. The number of benzene rings is 1. The van der Waals surface area contributed by atoms with Crippen molar-refractivity contribution < 1.29 is 0 Å². The Hall–Kier alpha value is -2.20. The second-order valence-corrected chi connectivity index (χ2v) is 4.88. The Kier molecular flexibility index (Phi) is 3.48. The van der Waals surface area contributed by atoms with Gasteiger partial charge in [0, 0.05) is 12.2 Å². The third kappa shape index (κ3) is 2.30. The molecular formula is C16H18N4. The molecule has 20 heavy (non-hydrogen) atoms. The maximum atomic E-state index is 5.80. The molecule has 1 aromatic carbocycles. The summed E-state index contributed by atoms with van der Waals surface area (Å²) in [5, 5.41) is 0. The minimum absolute atomic E-state index is 0.527. The van der Waals surface area contributed by atoms with Crippen molar-refractivity contribution in [1.29, 1.82) is 0 Å². The summed E-state index contributed by atoms with van der Waals surface area (Å²) in [6.07, 6.45) is 3.86. The van der Waals surface area contributed by atoms with Crippen molar-refractivity contribution in [3.8, 4) is 5.82 Å². The van der Waals surface area contributed by atoms with Crippen LogP contribution in [0.1, 0.15) is 24.6 Å². The van der Waals surface area contributed by atoms with Gasteiger partial charge in [-0.3, -0.25) is 4.57 Å². The number of rotatable bonds is 4. The maximum absolute atomic E-state index is 5.80. The van der Waals surface area contributed by atoms with Gasteiger partial charge in [0.25, 0.3) is 0 Å². The lowest BCUT2D eigenvalue weighted by atomic mass is 10.1. The van der Waals surface area contributed by atoms with Crippen LogP contribution in [0.25, 0.3) is 16.9 Å². The molecule has 3 rings (SSSR count). The van der Waals surface area contributed by atoms with Crippen LogP contribution in [0.3, 0.4) is 0 Å². The standard InChI is InChI=1S/C16H18N4/c1-2-5-13-8-12(10-17)9-16(19-13)20-11-18-14-6-3-4-7-15(14)20/h3-4,6-9,11H,2,5,10,17H2,1H3. The average molecular weight is 266 g/mol. The second-order valence-electron chi connectivity index (χ2n) is 4.88. The zero-order valence-corrected chi connectivity index (χ0v) is 11.6. The molecule has 0 aliphatic rings. The van der Waals surface area contributed by atoms with Crippen molar-refractivity contribution in [1.82, 2.24) is 14.5 Å². The molecule has 0 saturated carbocycles. The van der Waals surface area contributed by atoms with Crippen molar-refractivity contribution in [3.63, 3.8) is 0 Å². The van der Waals surface area contributed by atoms with Gasteiger partial charge in [0.15, 0.2) is 0 Å². The summed E-state index contributed by atoms with van der Waals surface area (Å²) < 4.78 is 2.02. The van der Waals surface area contributed by atoms with E-state index in [2.05, 4.69) is 24.0 Å². The largest absolute Gasteiger partial charge is 0.326 e. The summed E-state index contributed by atoms with van der Waals surface area (Å²) >= 11 is 0. The van der Waals surface area contributed by atoms with Gasteiger partial charge in [0.05, 0.1) is 11.0 Å². The molecule has 102 valence electrons. The van der Waals surface area contributed by atoms with Crippen LogP contribution in [0.5, 0.6) is 0 Å². The number of aromatic nitrogens is 3. The van der Waals surface area contributed by atoms with E-state index in [0.717, 1.165) is 41.0 Å². The molecule has 0 fully saturated rings. The summed E-state index contributed by atoms with van der Waals surface area (Å²) in [5.41, 5.74) is 10.0. The molecule has 2 aromatic heterocycles. The zero-order chi connectivity index (χ0) is 13.9. The van der Waals surface area contributed by atoms with Gasteiger partial charge in [-0.1, -0.05) is 25.5 Å². The molecule has 0 unspecified atom stereocenters. The second kappa shape index (κ2) is 5.43. The summed E-state index contributed by atoms with van der Waals surface area (Å²) in [4.78, 5) is 9.15. The molecule has 0 spiro atoms. The first-order chi connectivity index (χ1) is 9.81. The Labute approximate surface area is 118 Å². The molecule has 0 aliphatic carbocycles. The number of para-hydroxylation sites is 2. The van der Waals surface area contributed by atoms with Gasteiger partial charge in [-0.2, -0.15) is 0 Å². The van der Waals surface area contributed by atoms with Crippen LogP contribution in [0.2, 0.25) is 0 Å². The van der Waals surface area contributed by atoms with Gasteiger partial charge in [0.1, 0.15) is 12.1 Å². The van der Waals surface area contributed by atoms with Gasteiger partial charge >= 0.3 is 0 Å². The Morgan fingerprint density at radius 1 is 1.20 bits per heavy atom. The number of nitrogens with zero attached hydrogens (tertiary/aromatic N) is 3.